The van der Waals surface area contributed by atoms with Gasteiger partial charge in [0.25, 0.3) is 5.91 Å². The van der Waals surface area contributed by atoms with Gasteiger partial charge < -0.3 is 30.0 Å². The van der Waals surface area contributed by atoms with Gasteiger partial charge in [0.1, 0.15) is 17.5 Å². The van der Waals surface area contributed by atoms with E-state index in [2.05, 4.69) is 38.7 Å². The summed E-state index contributed by atoms with van der Waals surface area (Å²) in [4.78, 5) is 27.0. The summed E-state index contributed by atoms with van der Waals surface area (Å²) < 4.78 is 12.0. The predicted octanol–water partition coefficient (Wildman–Crippen LogP) is 5.12. The molecule has 2 aromatic carbocycles. The second-order valence-corrected chi connectivity index (χ2v) is 9.37. The molecule has 0 saturated heterocycles. The van der Waals surface area contributed by atoms with Gasteiger partial charge in [0.2, 0.25) is 11.8 Å². The fourth-order valence-corrected chi connectivity index (χ4v) is 4.69. The van der Waals surface area contributed by atoms with Gasteiger partial charge in [-0.15, -0.1) is 0 Å². The summed E-state index contributed by atoms with van der Waals surface area (Å²) >= 11 is 0. The number of hydrogen-bond acceptors (Lipinski definition) is 7. The summed E-state index contributed by atoms with van der Waals surface area (Å²) in [7, 11) is 7.21. The molecule has 2 aromatic heterocycles. The number of nitrogens with zero attached hydrogens (tertiary/aromatic N) is 3. The van der Waals surface area contributed by atoms with Crippen LogP contribution < -0.4 is 25.0 Å². The first kappa shape index (κ1) is 24.4. The molecule has 0 radical (unpaired) electrons. The highest BCUT2D eigenvalue weighted by molar-refractivity contribution is 5.98. The third-order valence-electron chi connectivity index (χ3n) is 6.69. The van der Waals surface area contributed by atoms with Crippen molar-refractivity contribution in [1.82, 2.24) is 20.3 Å². The molecular formula is C28H32N6O3. The predicted molar refractivity (Wildman–Crippen MR) is 146 cm³/mol. The lowest BCUT2D eigenvalue weighted by Gasteiger charge is -2.17. The molecule has 0 bridgehead atoms. The number of hydrogen-bond donors (Lipinski definition) is 3. The molecule has 1 fully saturated rings. The van der Waals surface area contributed by atoms with Gasteiger partial charge in [-0.25, -0.2) is 0 Å². The van der Waals surface area contributed by atoms with E-state index in [9.17, 15) is 4.79 Å². The molecular weight excluding hydrogens is 468 g/mol. The van der Waals surface area contributed by atoms with Gasteiger partial charge in [0, 0.05) is 44.2 Å². The highest BCUT2D eigenvalue weighted by atomic mass is 16.5. The molecule has 192 valence electrons. The maximum absolute atomic E-state index is 12.0. The first-order valence-corrected chi connectivity index (χ1v) is 12.5. The summed E-state index contributed by atoms with van der Waals surface area (Å²) in [5, 5.41) is 6.74. The molecule has 5 rings (SSSR count). The second-order valence-electron chi connectivity index (χ2n) is 9.37. The summed E-state index contributed by atoms with van der Waals surface area (Å²) in [5.41, 5.74) is 4.98. The van der Waals surface area contributed by atoms with Crippen LogP contribution in [0, 0.1) is 0 Å². The van der Waals surface area contributed by atoms with Crippen molar-refractivity contribution in [3.05, 3.63) is 54.2 Å². The van der Waals surface area contributed by atoms with Gasteiger partial charge in [-0.3, -0.25) is 4.79 Å². The normalized spacial score (nSPS) is 13.5. The number of methoxy groups -OCH3 is 1. The molecule has 1 aliphatic carbocycles. The number of carbonyl (C=O) groups is 1. The van der Waals surface area contributed by atoms with Crippen molar-refractivity contribution in [2.45, 2.75) is 31.8 Å². The minimum atomic E-state index is -0.188. The maximum Gasteiger partial charge on any atom is 0.251 e. The van der Waals surface area contributed by atoms with Crippen molar-refractivity contribution in [3.63, 3.8) is 0 Å². The number of rotatable bonds is 8. The van der Waals surface area contributed by atoms with Crippen molar-refractivity contribution >= 4 is 34.3 Å². The molecule has 0 unspecified atom stereocenters. The Morgan fingerprint density at radius 1 is 1.11 bits per heavy atom. The molecule has 37 heavy (non-hydrogen) atoms. The molecule has 3 N–H and O–H groups in total. The average molecular weight is 501 g/mol. The van der Waals surface area contributed by atoms with Crippen molar-refractivity contribution in [3.8, 4) is 22.8 Å². The quantitative estimate of drug-likeness (QED) is 0.308. The maximum atomic E-state index is 12.0. The van der Waals surface area contributed by atoms with Crippen LogP contribution >= 0.6 is 0 Å². The fraction of sp³-hybridized carbons (Fsp3) is 0.321. The van der Waals surface area contributed by atoms with Crippen LogP contribution in [0.1, 0.15) is 36.0 Å². The lowest BCUT2D eigenvalue weighted by Crippen LogP contribution is -2.17. The van der Waals surface area contributed by atoms with Gasteiger partial charge in [0.15, 0.2) is 0 Å². The van der Waals surface area contributed by atoms with Gasteiger partial charge in [0.05, 0.1) is 18.2 Å². The summed E-state index contributed by atoms with van der Waals surface area (Å²) in [5.74, 6) is 1.25. The van der Waals surface area contributed by atoms with E-state index in [1.165, 1.54) is 0 Å². The topological polar surface area (TPSA) is 104 Å². The van der Waals surface area contributed by atoms with Crippen LogP contribution in [0.25, 0.3) is 22.2 Å². The average Bonchev–Trinajstić information content (AvgIpc) is 3.58. The third-order valence-corrected chi connectivity index (χ3v) is 6.69. The Bertz CT molecular complexity index is 1420. The smallest absolute Gasteiger partial charge is 0.251 e. The minimum Gasteiger partial charge on any atom is -0.495 e. The van der Waals surface area contributed by atoms with E-state index in [0.29, 0.717) is 34.5 Å². The molecule has 0 atom stereocenters. The van der Waals surface area contributed by atoms with E-state index in [0.717, 1.165) is 47.9 Å². The number of nitrogens with one attached hydrogen (secondary N) is 3. The minimum absolute atomic E-state index is 0.128. The molecule has 9 nitrogen and oxygen atoms in total. The number of benzene rings is 2. The number of H-pyrrole nitrogens is 1. The van der Waals surface area contributed by atoms with E-state index < -0.39 is 0 Å². The highest BCUT2D eigenvalue weighted by Gasteiger charge is 2.23. The Kier molecular flexibility index (Phi) is 6.85. The van der Waals surface area contributed by atoms with Gasteiger partial charge in [-0.05, 0) is 61.6 Å². The second kappa shape index (κ2) is 10.4. The first-order chi connectivity index (χ1) is 18.0. The largest absolute Gasteiger partial charge is 0.495 e. The van der Waals surface area contributed by atoms with Crippen molar-refractivity contribution < 1.29 is 14.3 Å². The number of anilines is 3. The molecule has 1 aliphatic rings. The van der Waals surface area contributed by atoms with Crippen LogP contribution in [0.2, 0.25) is 0 Å². The molecule has 0 spiro atoms. The number of aromatic nitrogens is 3. The van der Waals surface area contributed by atoms with Crippen LogP contribution in [-0.4, -0.2) is 55.2 Å². The monoisotopic (exact) mass is 500 g/mol. The standard InChI is InChI=1S/C28H32N6O3/c1-29-26(35)18-12-13-22(23(15-18)36-4)31-28-32-25-24(27(33-28)37-20-10-5-6-11-20)21(16-30-25)17-8-7-9-19(14-17)34(2)3/h7-9,12-16,20H,5-6,10-11H2,1-4H3,(H,29,35)(H2,30,31,32,33). The van der Waals surface area contributed by atoms with Crippen LogP contribution in [0.5, 0.6) is 11.6 Å². The zero-order chi connectivity index (χ0) is 25.9. The van der Waals surface area contributed by atoms with Crippen molar-refractivity contribution in [2.24, 2.45) is 0 Å². The number of aromatic amines is 1. The molecule has 4 aromatic rings. The number of fused-ring (bicyclic) bond motifs is 1. The summed E-state index contributed by atoms with van der Waals surface area (Å²) in [6.07, 6.45) is 6.42. The SMILES string of the molecule is CNC(=O)c1ccc(Nc2nc(OC3CCCC3)c3c(-c4cccc(N(C)C)c4)c[nH]c3n2)c(OC)c1. The molecule has 9 heteroatoms. The zero-order valence-corrected chi connectivity index (χ0v) is 21.6. The van der Waals surface area contributed by atoms with Crippen molar-refractivity contribution in [1.29, 1.82) is 0 Å². The fourth-order valence-electron chi connectivity index (χ4n) is 4.69. The Balaban J connectivity index is 1.57. The van der Waals surface area contributed by atoms with Crippen LogP contribution in [0.3, 0.4) is 0 Å². The lowest BCUT2D eigenvalue weighted by molar-refractivity contribution is 0.0962. The molecule has 1 saturated carbocycles. The van der Waals surface area contributed by atoms with Crippen molar-refractivity contribution in [2.75, 3.05) is 38.5 Å². The van der Waals surface area contributed by atoms with Crippen LogP contribution in [0.15, 0.2) is 48.7 Å². The van der Waals surface area contributed by atoms with Gasteiger partial charge in [-0.2, -0.15) is 9.97 Å². The number of carbonyl (C=O) groups excluding carboxylic acids is 1. The van der Waals surface area contributed by atoms with Crippen LogP contribution in [0.4, 0.5) is 17.3 Å². The number of ether oxygens (including phenoxy) is 2. The summed E-state index contributed by atoms with van der Waals surface area (Å²) in [6, 6.07) is 13.5. The Morgan fingerprint density at radius 2 is 1.92 bits per heavy atom. The van der Waals surface area contributed by atoms with E-state index in [-0.39, 0.29) is 12.0 Å². The summed E-state index contributed by atoms with van der Waals surface area (Å²) in [6.45, 7) is 0. The third kappa shape index (κ3) is 5.02. The number of amides is 1. The van der Waals surface area contributed by atoms with E-state index in [1.54, 1.807) is 32.4 Å². The van der Waals surface area contributed by atoms with E-state index >= 15 is 0 Å². The van der Waals surface area contributed by atoms with Gasteiger partial charge in [-0.1, -0.05) is 12.1 Å². The van der Waals surface area contributed by atoms with E-state index in [1.807, 2.05) is 26.4 Å². The van der Waals surface area contributed by atoms with E-state index in [4.69, 9.17) is 19.4 Å². The zero-order valence-electron chi connectivity index (χ0n) is 21.6. The molecule has 2 heterocycles. The Hall–Kier alpha value is -4.27. The van der Waals surface area contributed by atoms with Crippen LogP contribution in [-0.2, 0) is 0 Å². The Labute approximate surface area is 216 Å². The highest BCUT2D eigenvalue weighted by Crippen LogP contribution is 2.38. The Morgan fingerprint density at radius 3 is 2.65 bits per heavy atom. The molecule has 1 amide bonds. The lowest BCUT2D eigenvalue weighted by atomic mass is 10.1. The first-order valence-electron chi connectivity index (χ1n) is 12.5. The van der Waals surface area contributed by atoms with Gasteiger partial charge >= 0.3 is 0 Å². The molecule has 0 aliphatic heterocycles.